The number of fused-ring (bicyclic) bond motifs is 1. The first-order valence-electron chi connectivity index (χ1n) is 8.18. The van der Waals surface area contributed by atoms with Gasteiger partial charge in [-0.3, -0.25) is 0 Å². The third-order valence-electron chi connectivity index (χ3n) is 6.89. The summed E-state index contributed by atoms with van der Waals surface area (Å²) in [5.41, 5.74) is 2.25. The van der Waals surface area contributed by atoms with E-state index in [0.717, 1.165) is 19.4 Å². The van der Waals surface area contributed by atoms with Gasteiger partial charge in [-0.2, -0.15) is 0 Å². The van der Waals surface area contributed by atoms with Crippen LogP contribution in [-0.2, 0) is 16.6 Å². The number of benzene rings is 1. The number of hydrogen-bond donors (Lipinski definition) is 2. The molecule has 116 valence electrons. The number of aromatic hydroxyl groups is 1. The van der Waals surface area contributed by atoms with Crippen LogP contribution in [0.15, 0.2) is 12.1 Å². The highest BCUT2D eigenvalue weighted by Crippen LogP contribution is 2.66. The summed E-state index contributed by atoms with van der Waals surface area (Å²) in [6.45, 7) is 1.000. The maximum atomic E-state index is 10.7. The number of phenolic OH excluding ortho intramolecular Hbond substituents is 1. The van der Waals surface area contributed by atoms with Crippen molar-refractivity contribution in [2.24, 2.45) is 5.92 Å². The summed E-state index contributed by atoms with van der Waals surface area (Å²) < 4.78 is 12.0. The highest BCUT2D eigenvalue weighted by Gasteiger charge is 2.75. The van der Waals surface area contributed by atoms with E-state index in [9.17, 15) is 10.2 Å². The molecule has 2 aliphatic carbocycles. The molecular weight excluding hydrogens is 282 g/mol. The summed E-state index contributed by atoms with van der Waals surface area (Å²) in [5.74, 6) is 1.19. The van der Waals surface area contributed by atoms with Gasteiger partial charge in [-0.25, -0.2) is 0 Å². The number of aliphatic hydroxyl groups is 1. The Kier molecular flexibility index (Phi) is 1.91. The third kappa shape index (κ3) is 1.08. The van der Waals surface area contributed by atoms with Crippen molar-refractivity contribution in [2.75, 3.05) is 13.6 Å². The Morgan fingerprint density at radius 3 is 3.05 bits per heavy atom. The normalized spacial score (nSPS) is 50.1. The van der Waals surface area contributed by atoms with E-state index in [1.807, 2.05) is 6.07 Å². The minimum Gasteiger partial charge on any atom is -0.504 e. The lowest BCUT2D eigenvalue weighted by atomic mass is 9.51. The van der Waals surface area contributed by atoms with Gasteiger partial charge in [-0.1, -0.05) is 6.07 Å². The van der Waals surface area contributed by atoms with Crippen LogP contribution in [0.25, 0.3) is 0 Å². The fraction of sp³-hybridized carbons (Fsp3) is 0.647. The van der Waals surface area contributed by atoms with E-state index in [4.69, 9.17) is 9.47 Å². The predicted molar refractivity (Wildman–Crippen MR) is 77.1 cm³/mol. The average molecular weight is 301 g/mol. The molecule has 5 heteroatoms. The lowest BCUT2D eigenvalue weighted by Gasteiger charge is -2.57. The molecule has 3 aliphatic heterocycles. The first kappa shape index (κ1) is 12.2. The molecule has 1 aromatic carbocycles. The lowest BCUT2D eigenvalue weighted by Crippen LogP contribution is -2.68. The van der Waals surface area contributed by atoms with E-state index in [1.54, 1.807) is 6.07 Å². The summed E-state index contributed by atoms with van der Waals surface area (Å²) in [5, 5.41) is 21.0. The van der Waals surface area contributed by atoms with Crippen LogP contribution in [0.2, 0.25) is 0 Å². The zero-order valence-corrected chi connectivity index (χ0v) is 12.4. The third-order valence-corrected chi connectivity index (χ3v) is 6.89. The number of likely N-dealkylation sites (N-methyl/N-ethyl adjacent to an activating group) is 1. The van der Waals surface area contributed by atoms with Gasteiger partial charge >= 0.3 is 0 Å². The Labute approximate surface area is 128 Å². The van der Waals surface area contributed by atoms with Crippen LogP contribution in [0, 0.1) is 5.92 Å². The van der Waals surface area contributed by atoms with E-state index in [2.05, 4.69) is 11.9 Å². The summed E-state index contributed by atoms with van der Waals surface area (Å²) >= 11 is 0. The van der Waals surface area contributed by atoms with Gasteiger partial charge in [0, 0.05) is 22.9 Å². The van der Waals surface area contributed by atoms with Crippen LogP contribution in [0.3, 0.4) is 0 Å². The van der Waals surface area contributed by atoms with Crippen LogP contribution in [0.5, 0.6) is 11.5 Å². The summed E-state index contributed by atoms with van der Waals surface area (Å²) in [4.78, 5) is 2.44. The zero-order valence-electron chi connectivity index (χ0n) is 12.4. The van der Waals surface area contributed by atoms with E-state index in [1.165, 1.54) is 11.1 Å². The maximum absolute atomic E-state index is 10.7. The van der Waals surface area contributed by atoms with Crippen molar-refractivity contribution in [3.63, 3.8) is 0 Å². The predicted octanol–water partition coefficient (Wildman–Crippen LogP) is 0.409. The molecule has 0 radical (unpaired) electrons. The molecule has 1 spiro atoms. The van der Waals surface area contributed by atoms with Gasteiger partial charge in [0.2, 0.25) is 0 Å². The summed E-state index contributed by atoms with van der Waals surface area (Å²) in [6.07, 6.45) is 1.12. The molecule has 3 heterocycles. The first-order valence-corrected chi connectivity index (χ1v) is 8.18. The summed E-state index contributed by atoms with van der Waals surface area (Å²) in [6, 6.07) is 4.21. The van der Waals surface area contributed by atoms with Gasteiger partial charge in [0.05, 0.1) is 6.10 Å². The second-order valence-electron chi connectivity index (χ2n) is 7.61. The highest BCUT2D eigenvalue weighted by atomic mass is 16.6. The second-order valence-corrected chi connectivity index (χ2v) is 7.61. The molecule has 2 saturated heterocycles. The topological polar surface area (TPSA) is 65.5 Å². The Hall–Kier alpha value is -1.30. The fourth-order valence-corrected chi connectivity index (χ4v) is 5.99. The van der Waals surface area contributed by atoms with E-state index < -0.39 is 6.10 Å². The van der Waals surface area contributed by atoms with E-state index in [-0.39, 0.29) is 29.5 Å². The molecule has 2 N–H and O–H groups in total. The van der Waals surface area contributed by atoms with Gasteiger partial charge < -0.3 is 24.6 Å². The van der Waals surface area contributed by atoms with Crippen LogP contribution >= 0.6 is 0 Å². The number of phenols is 1. The van der Waals surface area contributed by atoms with Crippen LogP contribution in [0.1, 0.15) is 17.5 Å². The molecule has 5 aliphatic rings. The molecule has 0 amide bonds. The van der Waals surface area contributed by atoms with Crippen molar-refractivity contribution in [1.29, 1.82) is 0 Å². The summed E-state index contributed by atoms with van der Waals surface area (Å²) in [7, 11) is 2.19. The Morgan fingerprint density at radius 2 is 2.18 bits per heavy atom. The SMILES string of the molecule is CN1CC[C@]23c4c5ccc(O)c4O[C@H]2[C@@H](O)[C@@H]2O[C@@H]2C3C1C5. The van der Waals surface area contributed by atoms with Crippen LogP contribution in [0.4, 0.5) is 0 Å². The number of epoxide rings is 1. The monoisotopic (exact) mass is 301 g/mol. The minimum absolute atomic E-state index is 0.0878. The number of piperidine rings is 1. The molecule has 22 heavy (non-hydrogen) atoms. The van der Waals surface area contributed by atoms with Crippen LogP contribution < -0.4 is 4.74 Å². The number of ether oxygens (including phenoxy) is 2. The Morgan fingerprint density at radius 1 is 1.32 bits per heavy atom. The number of rotatable bonds is 0. The van der Waals surface area contributed by atoms with Crippen molar-refractivity contribution < 1.29 is 19.7 Å². The average Bonchev–Trinajstić information content (AvgIpc) is 3.22. The number of likely N-dealkylation sites (tertiary alicyclic amines) is 1. The molecule has 2 unspecified atom stereocenters. The zero-order chi connectivity index (χ0) is 14.8. The van der Waals surface area contributed by atoms with Crippen molar-refractivity contribution in [3.05, 3.63) is 23.3 Å². The molecule has 7 atom stereocenters. The lowest BCUT2D eigenvalue weighted by molar-refractivity contribution is -0.0837. The molecule has 5 nitrogen and oxygen atoms in total. The van der Waals surface area contributed by atoms with Gasteiger partial charge in [0.15, 0.2) is 11.5 Å². The second kappa shape index (κ2) is 3.45. The van der Waals surface area contributed by atoms with Crippen molar-refractivity contribution in [3.8, 4) is 11.5 Å². The smallest absolute Gasteiger partial charge is 0.165 e. The number of hydrogen-bond acceptors (Lipinski definition) is 5. The molecule has 1 aromatic rings. The molecule has 1 saturated carbocycles. The molecule has 6 rings (SSSR count). The molecule has 2 bridgehead atoms. The largest absolute Gasteiger partial charge is 0.504 e. The highest BCUT2D eigenvalue weighted by molar-refractivity contribution is 5.61. The van der Waals surface area contributed by atoms with Gasteiger partial charge in [0.1, 0.15) is 18.3 Å². The Balaban J connectivity index is 1.68. The van der Waals surface area contributed by atoms with Crippen LogP contribution in [-0.4, -0.2) is 59.2 Å². The molecule has 3 fully saturated rings. The maximum Gasteiger partial charge on any atom is 0.165 e. The van der Waals surface area contributed by atoms with Gasteiger partial charge in [-0.15, -0.1) is 0 Å². The first-order chi connectivity index (χ1) is 10.6. The standard InChI is InChI=1S/C17H19NO4/c1-18-5-4-17-10-7-2-3-9(19)13(10)22-16(17)12(20)15-14(21-15)11(17)8(18)6-7/h2-3,8,11-12,14-16,19-20H,4-6H2,1H3/t8?,11?,12-,14+,15-,16-,17+/m0/s1. The van der Waals surface area contributed by atoms with Gasteiger partial charge in [-0.05, 0) is 38.1 Å². The number of aliphatic hydroxyl groups excluding tert-OH is 1. The van der Waals surface area contributed by atoms with Gasteiger partial charge in [0.25, 0.3) is 0 Å². The van der Waals surface area contributed by atoms with Crippen molar-refractivity contribution in [1.82, 2.24) is 4.90 Å². The molecular formula is C17H19NO4. The number of nitrogens with zero attached hydrogens (tertiary/aromatic N) is 1. The quantitative estimate of drug-likeness (QED) is 0.680. The Bertz CT molecular complexity index is 706. The minimum atomic E-state index is -0.594. The molecule has 0 aromatic heterocycles. The van der Waals surface area contributed by atoms with E-state index in [0.29, 0.717) is 17.7 Å². The van der Waals surface area contributed by atoms with Crippen molar-refractivity contribution >= 4 is 0 Å². The van der Waals surface area contributed by atoms with Crippen molar-refractivity contribution in [2.45, 2.75) is 48.7 Å². The fourth-order valence-electron chi connectivity index (χ4n) is 5.99. The van der Waals surface area contributed by atoms with E-state index >= 15 is 0 Å².